The molecule has 152 valence electrons. The van der Waals surface area contributed by atoms with Crippen LogP contribution in [0.5, 0.6) is 0 Å². The monoisotopic (exact) mass is 397 g/mol. The SMILES string of the molecule is CCOC(=O)N1CCN(c2cc(C(=O)Nc3cccc(C(C)=O)c3)ncn2)CC1. The summed E-state index contributed by atoms with van der Waals surface area (Å²) in [5.74, 6) is 0.151. The number of rotatable bonds is 5. The highest BCUT2D eigenvalue weighted by atomic mass is 16.6. The lowest BCUT2D eigenvalue weighted by atomic mass is 10.1. The number of amides is 2. The van der Waals surface area contributed by atoms with Crippen molar-refractivity contribution in [3.05, 3.63) is 47.9 Å². The van der Waals surface area contributed by atoms with Crippen LogP contribution >= 0.6 is 0 Å². The molecule has 29 heavy (non-hydrogen) atoms. The molecule has 1 aliphatic heterocycles. The lowest BCUT2D eigenvalue weighted by molar-refractivity contribution is 0.100. The Balaban J connectivity index is 1.65. The average molecular weight is 397 g/mol. The van der Waals surface area contributed by atoms with E-state index in [-0.39, 0.29) is 23.5 Å². The van der Waals surface area contributed by atoms with Crippen LogP contribution in [0.25, 0.3) is 0 Å². The summed E-state index contributed by atoms with van der Waals surface area (Å²) < 4.78 is 5.02. The maximum absolute atomic E-state index is 12.6. The van der Waals surface area contributed by atoms with E-state index in [0.717, 1.165) is 0 Å². The van der Waals surface area contributed by atoms with Gasteiger partial charge in [-0.3, -0.25) is 9.59 Å². The summed E-state index contributed by atoms with van der Waals surface area (Å²) in [6, 6.07) is 8.35. The van der Waals surface area contributed by atoms with Crippen molar-refractivity contribution < 1.29 is 19.1 Å². The van der Waals surface area contributed by atoms with Crippen molar-refractivity contribution in [2.24, 2.45) is 0 Å². The Kier molecular flexibility index (Phi) is 6.38. The Hall–Kier alpha value is -3.49. The fraction of sp³-hybridized carbons (Fsp3) is 0.350. The summed E-state index contributed by atoms with van der Waals surface area (Å²) in [5, 5.41) is 2.75. The predicted molar refractivity (Wildman–Crippen MR) is 107 cm³/mol. The molecule has 1 saturated heterocycles. The van der Waals surface area contributed by atoms with Gasteiger partial charge in [-0.2, -0.15) is 0 Å². The number of hydrogen-bond acceptors (Lipinski definition) is 7. The molecule has 9 nitrogen and oxygen atoms in total. The molecule has 2 heterocycles. The molecule has 1 aliphatic rings. The van der Waals surface area contributed by atoms with E-state index in [1.54, 1.807) is 42.2 Å². The molecule has 0 spiro atoms. The molecule has 2 amide bonds. The zero-order valence-electron chi connectivity index (χ0n) is 16.4. The van der Waals surface area contributed by atoms with Crippen molar-refractivity contribution in [1.82, 2.24) is 14.9 Å². The van der Waals surface area contributed by atoms with E-state index >= 15 is 0 Å². The summed E-state index contributed by atoms with van der Waals surface area (Å²) in [6.07, 6.45) is 1.02. The van der Waals surface area contributed by atoms with Crippen molar-refractivity contribution in [2.75, 3.05) is 43.0 Å². The Labute approximate surface area is 168 Å². The number of nitrogens with one attached hydrogen (secondary N) is 1. The minimum Gasteiger partial charge on any atom is -0.450 e. The quantitative estimate of drug-likeness (QED) is 0.771. The van der Waals surface area contributed by atoms with E-state index in [1.807, 2.05) is 4.90 Å². The number of piperazine rings is 1. The first-order valence-electron chi connectivity index (χ1n) is 9.39. The largest absolute Gasteiger partial charge is 0.450 e. The normalized spacial score (nSPS) is 13.7. The molecule has 1 aromatic heterocycles. The van der Waals surface area contributed by atoms with Crippen LogP contribution in [0.1, 0.15) is 34.7 Å². The average Bonchev–Trinajstić information content (AvgIpc) is 2.74. The van der Waals surface area contributed by atoms with Gasteiger partial charge in [-0.25, -0.2) is 14.8 Å². The van der Waals surface area contributed by atoms with E-state index in [2.05, 4.69) is 15.3 Å². The van der Waals surface area contributed by atoms with Crippen molar-refractivity contribution >= 4 is 29.3 Å². The maximum atomic E-state index is 12.6. The van der Waals surface area contributed by atoms with Gasteiger partial charge < -0.3 is 19.9 Å². The third-order valence-corrected chi connectivity index (χ3v) is 4.54. The molecule has 0 saturated carbocycles. The van der Waals surface area contributed by atoms with Gasteiger partial charge in [0.1, 0.15) is 17.8 Å². The van der Waals surface area contributed by atoms with Crippen molar-refractivity contribution in [3.8, 4) is 0 Å². The highest BCUT2D eigenvalue weighted by molar-refractivity contribution is 6.04. The number of Topliss-reactive ketones (excluding diaryl/α,β-unsaturated/α-hetero) is 1. The number of anilines is 2. The van der Waals surface area contributed by atoms with Crippen LogP contribution in [-0.2, 0) is 4.74 Å². The smallest absolute Gasteiger partial charge is 0.409 e. The van der Waals surface area contributed by atoms with Gasteiger partial charge in [0.2, 0.25) is 0 Å². The molecule has 0 radical (unpaired) electrons. The van der Waals surface area contributed by atoms with Gasteiger partial charge in [0.25, 0.3) is 5.91 Å². The lowest BCUT2D eigenvalue weighted by Gasteiger charge is -2.34. The van der Waals surface area contributed by atoms with E-state index in [0.29, 0.717) is 49.9 Å². The molecule has 0 bridgehead atoms. The van der Waals surface area contributed by atoms with E-state index in [1.165, 1.54) is 13.3 Å². The topological polar surface area (TPSA) is 105 Å². The number of ketones is 1. The standard InChI is InChI=1S/C20H23N5O4/c1-3-29-20(28)25-9-7-24(8-10-25)18-12-17(21-13-22-18)19(27)23-16-6-4-5-15(11-16)14(2)26/h4-6,11-13H,3,7-10H2,1-2H3,(H,23,27). The van der Waals surface area contributed by atoms with Crippen molar-refractivity contribution in [3.63, 3.8) is 0 Å². The summed E-state index contributed by atoms with van der Waals surface area (Å²) in [6.45, 7) is 5.79. The van der Waals surface area contributed by atoms with Gasteiger partial charge in [-0.05, 0) is 26.0 Å². The minimum absolute atomic E-state index is 0.0765. The highest BCUT2D eigenvalue weighted by Crippen LogP contribution is 2.16. The molecule has 0 aliphatic carbocycles. The van der Waals surface area contributed by atoms with Gasteiger partial charge in [0, 0.05) is 43.5 Å². The van der Waals surface area contributed by atoms with Gasteiger partial charge in [-0.1, -0.05) is 12.1 Å². The number of ether oxygens (including phenoxy) is 1. The zero-order chi connectivity index (χ0) is 20.8. The number of carbonyl (C=O) groups excluding carboxylic acids is 3. The summed E-state index contributed by atoms with van der Waals surface area (Å²) in [5.41, 5.74) is 1.26. The third kappa shape index (κ3) is 5.07. The van der Waals surface area contributed by atoms with Crippen molar-refractivity contribution in [2.45, 2.75) is 13.8 Å². The second kappa shape index (κ2) is 9.13. The van der Waals surface area contributed by atoms with Crippen LogP contribution in [0.15, 0.2) is 36.7 Å². The molecule has 2 aromatic rings. The fourth-order valence-corrected chi connectivity index (χ4v) is 2.99. The second-order valence-electron chi connectivity index (χ2n) is 6.53. The minimum atomic E-state index is -0.389. The number of aromatic nitrogens is 2. The molecule has 3 rings (SSSR count). The first-order chi connectivity index (χ1) is 14.0. The molecular weight excluding hydrogens is 374 g/mol. The number of hydrogen-bond donors (Lipinski definition) is 1. The Morgan fingerprint density at radius 1 is 1.10 bits per heavy atom. The van der Waals surface area contributed by atoms with Gasteiger partial charge in [0.15, 0.2) is 5.78 Å². The van der Waals surface area contributed by atoms with Crippen LogP contribution in [0.3, 0.4) is 0 Å². The summed E-state index contributed by atoms with van der Waals surface area (Å²) in [7, 11) is 0. The molecule has 1 aromatic carbocycles. The number of benzene rings is 1. The van der Waals surface area contributed by atoms with Crippen LogP contribution in [0.2, 0.25) is 0 Å². The van der Waals surface area contributed by atoms with E-state index in [4.69, 9.17) is 4.74 Å². The summed E-state index contributed by atoms with van der Waals surface area (Å²) in [4.78, 5) is 47.8. The number of nitrogens with zero attached hydrogens (tertiary/aromatic N) is 4. The molecular formula is C20H23N5O4. The second-order valence-corrected chi connectivity index (χ2v) is 6.53. The Morgan fingerprint density at radius 2 is 1.86 bits per heavy atom. The Bertz CT molecular complexity index is 909. The third-order valence-electron chi connectivity index (χ3n) is 4.54. The first kappa shape index (κ1) is 20.2. The zero-order valence-corrected chi connectivity index (χ0v) is 16.4. The predicted octanol–water partition coefficient (Wildman–Crippen LogP) is 2.21. The summed E-state index contributed by atoms with van der Waals surface area (Å²) >= 11 is 0. The molecule has 1 fully saturated rings. The first-order valence-corrected chi connectivity index (χ1v) is 9.39. The van der Waals surface area contributed by atoms with Gasteiger partial charge in [-0.15, -0.1) is 0 Å². The highest BCUT2D eigenvalue weighted by Gasteiger charge is 2.23. The lowest BCUT2D eigenvalue weighted by Crippen LogP contribution is -2.49. The maximum Gasteiger partial charge on any atom is 0.409 e. The molecule has 1 N–H and O–H groups in total. The van der Waals surface area contributed by atoms with Crippen LogP contribution in [0, 0.1) is 0 Å². The molecule has 0 unspecified atom stereocenters. The van der Waals surface area contributed by atoms with Crippen molar-refractivity contribution in [1.29, 1.82) is 0 Å². The molecule has 0 atom stereocenters. The molecule has 9 heteroatoms. The van der Waals surface area contributed by atoms with Gasteiger partial charge in [0.05, 0.1) is 6.61 Å². The van der Waals surface area contributed by atoms with Crippen LogP contribution < -0.4 is 10.2 Å². The fourth-order valence-electron chi connectivity index (χ4n) is 2.99. The van der Waals surface area contributed by atoms with Crippen LogP contribution in [-0.4, -0.2) is 65.4 Å². The number of carbonyl (C=O) groups is 3. The van der Waals surface area contributed by atoms with Crippen LogP contribution in [0.4, 0.5) is 16.3 Å². The van der Waals surface area contributed by atoms with E-state index < -0.39 is 0 Å². The van der Waals surface area contributed by atoms with Gasteiger partial charge >= 0.3 is 6.09 Å². The van der Waals surface area contributed by atoms with E-state index in [9.17, 15) is 14.4 Å². The Morgan fingerprint density at radius 3 is 2.55 bits per heavy atom.